The van der Waals surface area contributed by atoms with Gasteiger partial charge in [-0.05, 0) is 30.3 Å². The van der Waals surface area contributed by atoms with Crippen LogP contribution in [0.3, 0.4) is 0 Å². The Morgan fingerprint density at radius 1 is 1.10 bits per heavy atom. The average molecular weight is 341 g/mol. The summed E-state index contributed by atoms with van der Waals surface area (Å²) in [4.78, 5) is 0. The molecule has 1 unspecified atom stereocenters. The summed E-state index contributed by atoms with van der Waals surface area (Å²) >= 11 is 3.19. The molecule has 1 heterocycles. The first kappa shape index (κ1) is 13.5. The number of benzene rings is 2. The molecule has 2 aromatic rings. The van der Waals surface area contributed by atoms with E-state index in [2.05, 4.69) is 15.9 Å². The van der Waals surface area contributed by atoms with Crippen LogP contribution in [0.15, 0.2) is 40.9 Å². The van der Waals surface area contributed by atoms with E-state index in [-0.39, 0.29) is 6.42 Å². The summed E-state index contributed by atoms with van der Waals surface area (Å²) < 4.78 is 33.4. The van der Waals surface area contributed by atoms with E-state index in [0.29, 0.717) is 21.3 Å². The molecule has 1 aliphatic heterocycles. The molecule has 0 radical (unpaired) electrons. The van der Waals surface area contributed by atoms with Crippen LogP contribution in [0.1, 0.15) is 29.8 Å². The molecule has 0 saturated carbocycles. The van der Waals surface area contributed by atoms with Crippen LogP contribution in [0.4, 0.5) is 8.78 Å². The van der Waals surface area contributed by atoms with Crippen molar-refractivity contribution < 1.29 is 18.6 Å². The molecule has 104 valence electrons. The van der Waals surface area contributed by atoms with Crippen molar-refractivity contribution in [3.63, 3.8) is 0 Å². The van der Waals surface area contributed by atoms with Crippen LogP contribution in [0, 0.1) is 11.6 Å². The van der Waals surface area contributed by atoms with Crippen LogP contribution in [0.2, 0.25) is 0 Å². The van der Waals surface area contributed by atoms with Gasteiger partial charge in [0.15, 0.2) is 0 Å². The van der Waals surface area contributed by atoms with Crippen molar-refractivity contribution >= 4 is 15.9 Å². The highest BCUT2D eigenvalue weighted by atomic mass is 79.9. The fourth-order valence-corrected chi connectivity index (χ4v) is 2.70. The number of ether oxygens (including phenoxy) is 1. The summed E-state index contributed by atoms with van der Waals surface area (Å²) in [6, 6.07) is 8.64. The third kappa shape index (κ3) is 2.43. The van der Waals surface area contributed by atoms with Gasteiger partial charge in [0.05, 0.1) is 6.10 Å². The molecule has 0 amide bonds. The van der Waals surface area contributed by atoms with Crippen molar-refractivity contribution in [2.24, 2.45) is 0 Å². The summed E-state index contributed by atoms with van der Waals surface area (Å²) in [5.41, 5.74) is 0.779. The molecule has 3 rings (SSSR count). The second kappa shape index (κ2) is 5.14. The molecular weight excluding hydrogens is 330 g/mol. The van der Waals surface area contributed by atoms with Gasteiger partial charge in [0.2, 0.25) is 0 Å². The summed E-state index contributed by atoms with van der Waals surface area (Å²) in [6.45, 7) is 0. The molecule has 20 heavy (non-hydrogen) atoms. The average Bonchev–Trinajstić information content (AvgIpc) is 2.39. The van der Waals surface area contributed by atoms with Crippen molar-refractivity contribution in [2.75, 3.05) is 0 Å². The molecule has 0 aromatic heterocycles. The predicted molar refractivity (Wildman–Crippen MR) is 73.4 cm³/mol. The van der Waals surface area contributed by atoms with Crippen LogP contribution in [0.25, 0.3) is 0 Å². The van der Waals surface area contributed by atoms with Gasteiger partial charge in [0.1, 0.15) is 23.5 Å². The second-order valence-corrected chi connectivity index (χ2v) is 5.62. The SMILES string of the molecule is O[C@@H]1CC(c2ccc(Br)cc2F)Oc2ccc(F)cc21. The number of aliphatic hydroxyl groups excluding tert-OH is 1. The summed E-state index contributed by atoms with van der Waals surface area (Å²) in [5.74, 6) is -0.445. The Morgan fingerprint density at radius 3 is 2.65 bits per heavy atom. The standard InChI is InChI=1S/C15H11BrF2O2/c16-8-1-3-10(12(18)5-8)15-7-13(19)11-6-9(17)2-4-14(11)20-15/h1-6,13,15,19H,7H2/t13-,15?/m1/s1. The maximum Gasteiger partial charge on any atom is 0.131 e. The number of rotatable bonds is 1. The minimum Gasteiger partial charge on any atom is -0.485 e. The second-order valence-electron chi connectivity index (χ2n) is 4.71. The number of hydrogen-bond acceptors (Lipinski definition) is 2. The first-order chi connectivity index (χ1) is 9.54. The van der Waals surface area contributed by atoms with E-state index in [4.69, 9.17) is 4.74 Å². The summed E-state index contributed by atoms with van der Waals surface area (Å²) in [5, 5.41) is 10.1. The van der Waals surface area contributed by atoms with Crippen LogP contribution in [-0.2, 0) is 0 Å². The van der Waals surface area contributed by atoms with E-state index in [1.165, 1.54) is 24.3 Å². The molecule has 5 heteroatoms. The topological polar surface area (TPSA) is 29.5 Å². The van der Waals surface area contributed by atoms with Gasteiger partial charge < -0.3 is 9.84 Å². The van der Waals surface area contributed by atoms with Gasteiger partial charge in [-0.2, -0.15) is 0 Å². The van der Waals surface area contributed by atoms with Crippen LogP contribution < -0.4 is 4.74 Å². The van der Waals surface area contributed by atoms with Gasteiger partial charge in [0.25, 0.3) is 0 Å². The predicted octanol–water partition coefficient (Wildman–Crippen LogP) is 4.28. The quantitative estimate of drug-likeness (QED) is 0.839. The Balaban J connectivity index is 1.97. The molecule has 2 atom stereocenters. The highest BCUT2D eigenvalue weighted by Crippen LogP contribution is 2.41. The fraction of sp³-hybridized carbons (Fsp3) is 0.200. The monoisotopic (exact) mass is 340 g/mol. The zero-order valence-corrected chi connectivity index (χ0v) is 11.9. The van der Waals surface area contributed by atoms with Gasteiger partial charge in [0, 0.05) is 22.0 Å². The van der Waals surface area contributed by atoms with Crippen molar-refractivity contribution in [1.29, 1.82) is 0 Å². The number of fused-ring (bicyclic) bond motifs is 1. The van der Waals surface area contributed by atoms with E-state index in [1.54, 1.807) is 12.1 Å². The maximum atomic E-state index is 14.0. The lowest BCUT2D eigenvalue weighted by Crippen LogP contribution is -2.20. The largest absolute Gasteiger partial charge is 0.485 e. The van der Waals surface area contributed by atoms with Gasteiger partial charge in [-0.25, -0.2) is 8.78 Å². The normalized spacial score (nSPS) is 21.2. The Morgan fingerprint density at radius 2 is 1.90 bits per heavy atom. The number of hydrogen-bond donors (Lipinski definition) is 1. The minimum absolute atomic E-state index is 0.189. The molecule has 0 aliphatic carbocycles. The van der Waals surface area contributed by atoms with E-state index in [9.17, 15) is 13.9 Å². The summed E-state index contributed by atoms with van der Waals surface area (Å²) in [7, 11) is 0. The maximum absolute atomic E-state index is 14.0. The lowest BCUT2D eigenvalue weighted by atomic mass is 9.94. The number of halogens is 3. The lowest BCUT2D eigenvalue weighted by molar-refractivity contribution is 0.0636. The van der Waals surface area contributed by atoms with Crippen molar-refractivity contribution in [2.45, 2.75) is 18.6 Å². The Bertz CT molecular complexity index is 660. The molecule has 1 aliphatic rings. The smallest absolute Gasteiger partial charge is 0.131 e. The zero-order chi connectivity index (χ0) is 14.3. The zero-order valence-electron chi connectivity index (χ0n) is 10.3. The lowest BCUT2D eigenvalue weighted by Gasteiger charge is -2.30. The van der Waals surface area contributed by atoms with E-state index >= 15 is 0 Å². The van der Waals surface area contributed by atoms with Crippen molar-refractivity contribution in [1.82, 2.24) is 0 Å². The van der Waals surface area contributed by atoms with E-state index in [1.807, 2.05) is 0 Å². The molecule has 0 bridgehead atoms. The number of aliphatic hydroxyl groups is 1. The molecule has 0 spiro atoms. The van der Waals surface area contributed by atoms with Crippen molar-refractivity contribution in [3.05, 3.63) is 63.6 Å². The van der Waals surface area contributed by atoms with E-state index in [0.717, 1.165) is 0 Å². The van der Waals surface area contributed by atoms with Gasteiger partial charge in [-0.1, -0.05) is 22.0 Å². The summed E-state index contributed by atoms with van der Waals surface area (Å²) in [6.07, 6.45) is -1.27. The molecule has 0 fully saturated rings. The van der Waals surface area contributed by atoms with Crippen LogP contribution in [0.5, 0.6) is 5.75 Å². The molecular formula is C15H11BrF2O2. The minimum atomic E-state index is -0.873. The fourth-order valence-electron chi connectivity index (χ4n) is 2.37. The highest BCUT2D eigenvalue weighted by Gasteiger charge is 2.30. The van der Waals surface area contributed by atoms with Gasteiger partial charge >= 0.3 is 0 Å². The Hall–Kier alpha value is -1.46. The van der Waals surface area contributed by atoms with Gasteiger partial charge in [-0.3, -0.25) is 0 Å². The van der Waals surface area contributed by atoms with E-state index < -0.39 is 23.8 Å². The Labute approximate surface area is 123 Å². The third-order valence-corrected chi connectivity index (χ3v) is 3.84. The van der Waals surface area contributed by atoms with Crippen molar-refractivity contribution in [3.8, 4) is 5.75 Å². The molecule has 2 aromatic carbocycles. The highest BCUT2D eigenvalue weighted by molar-refractivity contribution is 9.10. The van der Waals surface area contributed by atoms with Gasteiger partial charge in [-0.15, -0.1) is 0 Å². The molecule has 0 saturated heterocycles. The Kier molecular flexibility index (Phi) is 3.48. The van der Waals surface area contributed by atoms with Crippen LogP contribution >= 0.6 is 15.9 Å². The van der Waals surface area contributed by atoms with Crippen LogP contribution in [-0.4, -0.2) is 5.11 Å². The first-order valence-corrected chi connectivity index (χ1v) is 6.93. The third-order valence-electron chi connectivity index (χ3n) is 3.35. The molecule has 2 nitrogen and oxygen atoms in total. The molecule has 1 N–H and O–H groups in total. The first-order valence-electron chi connectivity index (χ1n) is 6.13.